The molecule has 1 fully saturated rings. The van der Waals surface area contributed by atoms with Gasteiger partial charge in [0.25, 0.3) is 0 Å². The Bertz CT molecular complexity index is 698. The van der Waals surface area contributed by atoms with Gasteiger partial charge >= 0.3 is 0 Å². The van der Waals surface area contributed by atoms with E-state index in [-0.39, 0.29) is 36.4 Å². The molecule has 1 atom stereocenters. The molecular formula is C20H31FN2O3S. The minimum Gasteiger partial charge on any atom is -0.355 e. The van der Waals surface area contributed by atoms with Crippen molar-refractivity contribution in [3.05, 3.63) is 35.6 Å². The predicted molar refractivity (Wildman–Crippen MR) is 105 cm³/mol. The van der Waals surface area contributed by atoms with Gasteiger partial charge in [-0.3, -0.25) is 4.79 Å². The number of sulfonamides is 1. The molecule has 0 aliphatic carbocycles. The second-order valence-electron chi connectivity index (χ2n) is 7.71. The van der Waals surface area contributed by atoms with Gasteiger partial charge in [-0.05, 0) is 48.8 Å². The molecule has 0 saturated carbocycles. The van der Waals surface area contributed by atoms with Crippen LogP contribution in [-0.2, 0) is 14.8 Å². The molecule has 1 aliphatic rings. The fourth-order valence-electron chi connectivity index (χ4n) is 3.53. The third-order valence-corrected chi connectivity index (χ3v) is 6.79. The first kappa shape index (κ1) is 21.8. The van der Waals surface area contributed by atoms with Crippen LogP contribution in [0.4, 0.5) is 4.39 Å². The van der Waals surface area contributed by atoms with Crippen LogP contribution in [0.3, 0.4) is 0 Å². The number of carbonyl (C=O) groups excluding carboxylic acids is 1. The number of amides is 1. The van der Waals surface area contributed by atoms with Gasteiger partial charge < -0.3 is 5.32 Å². The van der Waals surface area contributed by atoms with E-state index in [0.717, 1.165) is 31.2 Å². The number of carbonyl (C=O) groups is 1. The van der Waals surface area contributed by atoms with Crippen molar-refractivity contribution in [2.75, 3.05) is 25.4 Å². The Hall–Kier alpha value is -1.47. The molecule has 1 aliphatic heterocycles. The second kappa shape index (κ2) is 10.2. The highest BCUT2D eigenvalue weighted by atomic mass is 32.2. The Labute approximate surface area is 162 Å². The molecule has 1 aromatic rings. The zero-order valence-corrected chi connectivity index (χ0v) is 17.1. The molecule has 0 bridgehead atoms. The topological polar surface area (TPSA) is 66.5 Å². The summed E-state index contributed by atoms with van der Waals surface area (Å²) in [5, 5.41) is 2.74. The molecule has 1 aromatic carbocycles. The van der Waals surface area contributed by atoms with Crippen LogP contribution in [0.5, 0.6) is 0 Å². The van der Waals surface area contributed by atoms with E-state index in [1.165, 1.54) is 16.4 Å². The first-order valence-electron chi connectivity index (χ1n) is 9.78. The van der Waals surface area contributed by atoms with E-state index in [2.05, 4.69) is 19.2 Å². The van der Waals surface area contributed by atoms with E-state index in [0.29, 0.717) is 19.0 Å². The van der Waals surface area contributed by atoms with E-state index in [1.807, 2.05) is 0 Å². The van der Waals surface area contributed by atoms with E-state index >= 15 is 0 Å². The molecule has 2 rings (SSSR count). The molecule has 5 nitrogen and oxygen atoms in total. The van der Waals surface area contributed by atoms with E-state index in [9.17, 15) is 17.6 Å². The Morgan fingerprint density at radius 1 is 1.15 bits per heavy atom. The summed E-state index contributed by atoms with van der Waals surface area (Å²) in [6, 6.07) is 6.25. The van der Waals surface area contributed by atoms with Crippen LogP contribution in [0.15, 0.2) is 24.3 Å². The van der Waals surface area contributed by atoms with Gasteiger partial charge in [-0.15, -0.1) is 0 Å². The highest BCUT2D eigenvalue weighted by Crippen LogP contribution is 2.27. The smallest absolute Gasteiger partial charge is 0.220 e. The highest BCUT2D eigenvalue weighted by Gasteiger charge is 2.24. The average Bonchev–Trinajstić information content (AvgIpc) is 2.62. The van der Waals surface area contributed by atoms with Gasteiger partial charge in [0.15, 0.2) is 0 Å². The SMILES string of the molecule is CC(C)CC(CC(=O)NCCS(=O)(=O)N1CCCCC1)c1ccc(F)cc1. The molecule has 0 radical (unpaired) electrons. The molecule has 0 spiro atoms. The van der Waals surface area contributed by atoms with Crippen LogP contribution < -0.4 is 5.32 Å². The fourth-order valence-corrected chi connectivity index (χ4v) is 4.96. The molecule has 1 N–H and O–H groups in total. The summed E-state index contributed by atoms with van der Waals surface area (Å²) in [6.45, 7) is 5.45. The number of halogens is 1. The molecule has 0 aromatic heterocycles. The summed E-state index contributed by atoms with van der Waals surface area (Å²) in [5.74, 6) is -0.144. The molecule has 1 amide bonds. The quantitative estimate of drug-likeness (QED) is 0.694. The first-order chi connectivity index (χ1) is 12.8. The maximum Gasteiger partial charge on any atom is 0.220 e. The van der Waals surface area contributed by atoms with Crippen molar-refractivity contribution in [3.63, 3.8) is 0 Å². The molecule has 152 valence electrons. The fraction of sp³-hybridized carbons (Fsp3) is 0.650. The lowest BCUT2D eigenvalue weighted by Crippen LogP contribution is -2.40. The van der Waals surface area contributed by atoms with Crippen molar-refractivity contribution >= 4 is 15.9 Å². The van der Waals surface area contributed by atoms with Crippen LogP contribution in [-0.4, -0.2) is 44.0 Å². The van der Waals surface area contributed by atoms with Crippen molar-refractivity contribution in [1.82, 2.24) is 9.62 Å². The number of hydrogen-bond acceptors (Lipinski definition) is 3. The van der Waals surface area contributed by atoms with Crippen LogP contribution in [0.25, 0.3) is 0 Å². The summed E-state index contributed by atoms with van der Waals surface area (Å²) in [4.78, 5) is 12.3. The van der Waals surface area contributed by atoms with Gasteiger partial charge in [0, 0.05) is 26.1 Å². The summed E-state index contributed by atoms with van der Waals surface area (Å²) in [6.07, 6.45) is 3.96. The number of rotatable bonds is 9. The molecule has 27 heavy (non-hydrogen) atoms. The molecule has 1 heterocycles. The van der Waals surface area contributed by atoms with Crippen molar-refractivity contribution in [1.29, 1.82) is 0 Å². The van der Waals surface area contributed by atoms with Gasteiger partial charge in [-0.2, -0.15) is 0 Å². The summed E-state index contributed by atoms with van der Waals surface area (Å²) < 4.78 is 39.4. The standard InChI is InChI=1S/C20H31FN2O3S/c1-16(2)14-18(17-6-8-19(21)9-7-17)15-20(24)22-10-13-27(25,26)23-11-4-3-5-12-23/h6-9,16,18H,3-5,10-15H2,1-2H3,(H,22,24). The van der Waals surface area contributed by atoms with E-state index in [4.69, 9.17) is 0 Å². The van der Waals surface area contributed by atoms with Gasteiger partial charge in [0.2, 0.25) is 15.9 Å². The Morgan fingerprint density at radius 3 is 2.37 bits per heavy atom. The number of nitrogens with one attached hydrogen (secondary N) is 1. The van der Waals surface area contributed by atoms with Crippen LogP contribution in [0.1, 0.15) is 57.4 Å². The summed E-state index contributed by atoms with van der Waals surface area (Å²) in [5.41, 5.74) is 0.932. The molecule has 1 saturated heterocycles. The zero-order valence-electron chi connectivity index (χ0n) is 16.3. The lowest BCUT2D eigenvalue weighted by atomic mass is 9.87. The Balaban J connectivity index is 1.86. The highest BCUT2D eigenvalue weighted by molar-refractivity contribution is 7.89. The van der Waals surface area contributed by atoms with Gasteiger partial charge in [0.05, 0.1) is 5.75 Å². The maximum atomic E-state index is 13.2. The largest absolute Gasteiger partial charge is 0.355 e. The minimum absolute atomic E-state index is 0.00991. The number of piperidine rings is 1. The Morgan fingerprint density at radius 2 is 1.78 bits per heavy atom. The summed E-state index contributed by atoms with van der Waals surface area (Å²) in [7, 11) is -3.31. The molecule has 7 heteroatoms. The van der Waals surface area contributed by atoms with Crippen LogP contribution in [0.2, 0.25) is 0 Å². The number of nitrogens with zero attached hydrogens (tertiary/aromatic N) is 1. The van der Waals surface area contributed by atoms with E-state index < -0.39 is 10.0 Å². The van der Waals surface area contributed by atoms with Gasteiger partial charge in [-0.25, -0.2) is 17.1 Å². The predicted octanol–water partition coefficient (Wildman–Crippen LogP) is 3.28. The van der Waals surface area contributed by atoms with Crippen molar-refractivity contribution in [2.45, 2.75) is 51.9 Å². The second-order valence-corrected chi connectivity index (χ2v) is 9.80. The van der Waals surface area contributed by atoms with Crippen LogP contribution in [0, 0.1) is 11.7 Å². The minimum atomic E-state index is -3.31. The zero-order chi connectivity index (χ0) is 19.9. The van der Waals surface area contributed by atoms with Crippen molar-refractivity contribution < 1.29 is 17.6 Å². The normalized spacial score (nSPS) is 17.0. The van der Waals surface area contributed by atoms with Crippen molar-refractivity contribution in [2.24, 2.45) is 5.92 Å². The third kappa shape index (κ3) is 7.22. The number of hydrogen-bond donors (Lipinski definition) is 1. The maximum absolute atomic E-state index is 13.2. The lowest BCUT2D eigenvalue weighted by molar-refractivity contribution is -0.121. The van der Waals surface area contributed by atoms with E-state index in [1.54, 1.807) is 12.1 Å². The van der Waals surface area contributed by atoms with Gasteiger partial charge in [-0.1, -0.05) is 32.4 Å². The van der Waals surface area contributed by atoms with Gasteiger partial charge in [0.1, 0.15) is 5.82 Å². The van der Waals surface area contributed by atoms with Crippen LogP contribution >= 0.6 is 0 Å². The Kier molecular flexibility index (Phi) is 8.23. The first-order valence-corrected chi connectivity index (χ1v) is 11.4. The third-order valence-electron chi connectivity index (χ3n) is 4.92. The average molecular weight is 399 g/mol. The molecule has 1 unspecified atom stereocenters. The lowest BCUT2D eigenvalue weighted by Gasteiger charge is -2.26. The van der Waals surface area contributed by atoms with Crippen molar-refractivity contribution in [3.8, 4) is 0 Å². The summed E-state index contributed by atoms with van der Waals surface area (Å²) >= 11 is 0. The molecular weight excluding hydrogens is 367 g/mol. The number of benzene rings is 1. The monoisotopic (exact) mass is 398 g/mol.